The monoisotopic (exact) mass is 426 g/mol. The van der Waals surface area contributed by atoms with E-state index in [4.69, 9.17) is 19.4 Å². The van der Waals surface area contributed by atoms with Crippen molar-refractivity contribution in [2.45, 2.75) is 44.2 Å². The molecule has 3 atom stereocenters. The Labute approximate surface area is 160 Å². The van der Waals surface area contributed by atoms with Crippen molar-refractivity contribution in [2.24, 2.45) is 0 Å². The zero-order chi connectivity index (χ0) is 20.9. The lowest BCUT2D eigenvalue weighted by atomic mass is 10.1. The molecule has 0 aromatic carbocycles. The fourth-order valence-corrected chi connectivity index (χ4v) is 4.43. The van der Waals surface area contributed by atoms with Gasteiger partial charge in [0, 0.05) is 12.7 Å². The van der Waals surface area contributed by atoms with Crippen molar-refractivity contribution < 1.29 is 41.0 Å². The molecule has 1 saturated carbocycles. The lowest BCUT2D eigenvalue weighted by Crippen LogP contribution is -2.54. The third-order valence-corrected chi connectivity index (χ3v) is 6.27. The molecule has 1 aromatic heterocycles. The van der Waals surface area contributed by atoms with Gasteiger partial charge in [-0.15, -0.1) is 0 Å². The van der Waals surface area contributed by atoms with E-state index in [0.717, 1.165) is 12.8 Å². The van der Waals surface area contributed by atoms with Gasteiger partial charge in [-0.05, 0) is 31.9 Å². The Morgan fingerprint density at radius 2 is 2.11 bits per heavy atom. The molecule has 28 heavy (non-hydrogen) atoms. The number of rotatable bonds is 4. The van der Waals surface area contributed by atoms with E-state index < -0.39 is 22.2 Å². The van der Waals surface area contributed by atoms with Gasteiger partial charge in [0.15, 0.2) is 0 Å². The van der Waals surface area contributed by atoms with Crippen LogP contribution in [0.3, 0.4) is 0 Å². The molecule has 8 nitrogen and oxygen atoms in total. The first-order valence-electron chi connectivity index (χ1n) is 8.54. The molecule has 158 valence electrons. The largest absolute Gasteiger partial charge is 0.490 e. The highest BCUT2D eigenvalue weighted by Crippen LogP contribution is 2.34. The van der Waals surface area contributed by atoms with Gasteiger partial charge in [0.2, 0.25) is 10.0 Å². The number of fused-ring (bicyclic) bond motifs is 1. The Hall–Kier alpha value is -1.92. The zero-order valence-corrected chi connectivity index (χ0v) is 15.8. The summed E-state index contributed by atoms with van der Waals surface area (Å²) < 4.78 is 69.4. The van der Waals surface area contributed by atoms with Gasteiger partial charge in [-0.2, -0.15) is 17.5 Å². The first-order valence-corrected chi connectivity index (χ1v) is 10.1. The van der Waals surface area contributed by atoms with E-state index in [1.807, 2.05) is 12.1 Å². The minimum atomic E-state index is -5.08. The van der Waals surface area contributed by atoms with Crippen LogP contribution in [0.25, 0.3) is 0 Å². The highest BCUT2D eigenvalue weighted by molar-refractivity contribution is 7.89. The van der Waals surface area contributed by atoms with Gasteiger partial charge < -0.3 is 14.6 Å². The molecular weight excluding hydrogens is 405 g/mol. The highest BCUT2D eigenvalue weighted by atomic mass is 32.2. The number of nitrogens with zero attached hydrogens (tertiary/aromatic N) is 2. The molecule has 0 amide bonds. The van der Waals surface area contributed by atoms with Crippen LogP contribution in [-0.2, 0) is 19.6 Å². The summed E-state index contributed by atoms with van der Waals surface area (Å²) in [6.45, 7) is 2.54. The third-order valence-electron chi connectivity index (χ3n) is 4.37. The summed E-state index contributed by atoms with van der Waals surface area (Å²) in [4.78, 5) is 12.9. The molecule has 1 aromatic rings. The number of sulfonamides is 1. The number of alkyl halides is 3. The third kappa shape index (κ3) is 5.55. The molecule has 2 aliphatic rings. The van der Waals surface area contributed by atoms with Crippen LogP contribution in [0.15, 0.2) is 24.5 Å². The van der Waals surface area contributed by atoms with E-state index in [0.29, 0.717) is 18.9 Å². The van der Waals surface area contributed by atoms with E-state index in [1.54, 1.807) is 23.6 Å². The smallest absolute Gasteiger partial charge is 0.486 e. The molecule has 1 saturated heterocycles. The molecule has 0 spiro atoms. The van der Waals surface area contributed by atoms with Gasteiger partial charge >= 0.3 is 12.1 Å². The fourth-order valence-electron chi connectivity index (χ4n) is 3.11. The molecule has 0 bridgehead atoms. The number of carbonyl (C=O) groups is 1. The minimum absolute atomic E-state index is 0.106. The van der Waals surface area contributed by atoms with Crippen LogP contribution in [0.1, 0.15) is 19.8 Å². The molecule has 0 unspecified atom stereocenters. The topological polar surface area (TPSA) is 106 Å². The predicted molar refractivity (Wildman–Crippen MR) is 91.3 cm³/mol. The Morgan fingerprint density at radius 1 is 1.43 bits per heavy atom. The van der Waals surface area contributed by atoms with Crippen molar-refractivity contribution in [3.05, 3.63) is 24.5 Å². The average molecular weight is 426 g/mol. The predicted octanol–water partition coefficient (Wildman–Crippen LogP) is 1.68. The Bertz CT molecular complexity index is 759. The highest BCUT2D eigenvalue weighted by Gasteiger charge is 2.47. The molecule has 2 fully saturated rings. The molecule has 2 heterocycles. The Balaban J connectivity index is 0.000000345. The maximum Gasteiger partial charge on any atom is 0.490 e. The summed E-state index contributed by atoms with van der Waals surface area (Å²) in [5.74, 6) is -1.93. The second-order valence-corrected chi connectivity index (χ2v) is 8.35. The maximum absolute atomic E-state index is 12.2. The van der Waals surface area contributed by atoms with Crippen LogP contribution in [0.5, 0.6) is 5.75 Å². The van der Waals surface area contributed by atoms with Gasteiger partial charge in [0.05, 0.1) is 24.6 Å². The Kier molecular flexibility index (Phi) is 7.23. The van der Waals surface area contributed by atoms with Crippen molar-refractivity contribution in [1.82, 2.24) is 9.29 Å². The summed E-state index contributed by atoms with van der Waals surface area (Å²) >= 11 is 0. The van der Waals surface area contributed by atoms with Crippen molar-refractivity contribution in [3.8, 4) is 5.75 Å². The maximum atomic E-state index is 12.2. The molecule has 1 aliphatic heterocycles. The first-order chi connectivity index (χ1) is 13.1. The number of hydrogen-bond acceptors (Lipinski definition) is 6. The minimum Gasteiger partial charge on any atom is -0.486 e. The number of aromatic nitrogens is 1. The SMILES string of the molecule is CCS(=O)(=O)N1CCO[C@H]2[C@H](Oc3cccnc3)CC[C@@H]21.O=C(O)C(F)(F)F. The summed E-state index contributed by atoms with van der Waals surface area (Å²) in [5.41, 5.74) is 0. The van der Waals surface area contributed by atoms with Gasteiger partial charge in [-0.25, -0.2) is 13.2 Å². The van der Waals surface area contributed by atoms with Crippen molar-refractivity contribution >= 4 is 16.0 Å². The van der Waals surface area contributed by atoms with Gasteiger partial charge in [-0.3, -0.25) is 4.98 Å². The van der Waals surface area contributed by atoms with E-state index in [2.05, 4.69) is 4.98 Å². The molecule has 12 heteroatoms. The van der Waals surface area contributed by atoms with Crippen LogP contribution in [-0.4, -0.2) is 72.1 Å². The number of ether oxygens (including phenoxy) is 2. The summed E-state index contributed by atoms with van der Waals surface area (Å²) in [6, 6.07) is 3.56. The molecular formula is C16H21F3N2O6S. The van der Waals surface area contributed by atoms with Crippen LogP contribution >= 0.6 is 0 Å². The second kappa shape index (κ2) is 9.05. The molecule has 3 rings (SSSR count). The van der Waals surface area contributed by atoms with Gasteiger partial charge in [0.25, 0.3) is 0 Å². The summed E-state index contributed by atoms with van der Waals surface area (Å²) in [5, 5.41) is 7.12. The first kappa shape index (κ1) is 22.4. The quantitative estimate of drug-likeness (QED) is 0.781. The Morgan fingerprint density at radius 3 is 2.64 bits per heavy atom. The summed E-state index contributed by atoms with van der Waals surface area (Å²) in [7, 11) is -3.19. The van der Waals surface area contributed by atoms with Crippen molar-refractivity contribution in [1.29, 1.82) is 0 Å². The number of pyridine rings is 1. The molecule has 1 N–H and O–H groups in total. The summed E-state index contributed by atoms with van der Waals surface area (Å²) in [6.07, 6.45) is -0.475. The van der Waals surface area contributed by atoms with Crippen molar-refractivity contribution in [3.63, 3.8) is 0 Å². The number of morpholine rings is 1. The van der Waals surface area contributed by atoms with Gasteiger partial charge in [-0.1, -0.05) is 0 Å². The standard InChI is InChI=1S/C14H20N2O4S.C2HF3O2/c1-2-21(17,18)16-8-9-19-14-12(16)5-6-13(14)20-11-4-3-7-15-10-11;3-2(4,5)1(6)7/h3-4,7,10,12-14H,2,5-6,8-9H2,1H3;(H,6,7)/t12-,13+,14+;/m0./s1. The van der Waals surface area contributed by atoms with E-state index >= 15 is 0 Å². The van der Waals surface area contributed by atoms with Crippen LogP contribution in [0, 0.1) is 0 Å². The number of carboxylic acids is 1. The van der Waals surface area contributed by atoms with Crippen molar-refractivity contribution in [2.75, 3.05) is 18.9 Å². The van der Waals surface area contributed by atoms with Crippen LogP contribution in [0.2, 0.25) is 0 Å². The lowest BCUT2D eigenvalue weighted by molar-refractivity contribution is -0.192. The van der Waals surface area contributed by atoms with E-state index in [9.17, 15) is 21.6 Å². The normalized spacial score (nSPS) is 25.4. The number of halogens is 3. The lowest BCUT2D eigenvalue weighted by Gasteiger charge is -2.37. The van der Waals surface area contributed by atoms with Gasteiger partial charge in [0.1, 0.15) is 18.0 Å². The van der Waals surface area contributed by atoms with Crippen LogP contribution in [0.4, 0.5) is 13.2 Å². The number of carboxylic acid groups (broad SMARTS) is 1. The van der Waals surface area contributed by atoms with Crippen LogP contribution < -0.4 is 4.74 Å². The average Bonchev–Trinajstić information content (AvgIpc) is 3.05. The fraction of sp³-hybridized carbons (Fsp3) is 0.625. The molecule has 1 aliphatic carbocycles. The van der Waals surface area contributed by atoms with E-state index in [-0.39, 0.29) is 24.0 Å². The number of aliphatic carboxylic acids is 1. The number of hydrogen-bond donors (Lipinski definition) is 1. The molecule has 0 radical (unpaired) electrons. The van der Waals surface area contributed by atoms with E-state index in [1.165, 1.54) is 0 Å². The second-order valence-electron chi connectivity index (χ2n) is 6.14. The zero-order valence-electron chi connectivity index (χ0n) is 15.0.